The largest absolute Gasteiger partial charge is 0.391 e. The summed E-state index contributed by atoms with van der Waals surface area (Å²) in [5.41, 5.74) is 7.39. The third-order valence-electron chi connectivity index (χ3n) is 3.57. The summed E-state index contributed by atoms with van der Waals surface area (Å²) in [5.74, 6) is 0.0921. The number of aliphatic hydroxyl groups is 1. The van der Waals surface area contributed by atoms with Crippen LogP contribution in [0.15, 0.2) is 18.2 Å². The first-order valence-electron chi connectivity index (χ1n) is 5.79. The third-order valence-corrected chi connectivity index (χ3v) is 3.57. The summed E-state index contributed by atoms with van der Waals surface area (Å²) >= 11 is 0. The lowest BCUT2D eigenvalue weighted by Crippen LogP contribution is -2.36. The summed E-state index contributed by atoms with van der Waals surface area (Å²) in [7, 11) is 0. The van der Waals surface area contributed by atoms with E-state index < -0.39 is 12.1 Å². The van der Waals surface area contributed by atoms with Crippen LogP contribution in [0.3, 0.4) is 0 Å². The summed E-state index contributed by atoms with van der Waals surface area (Å²) < 4.78 is 13.1. The second-order valence-corrected chi connectivity index (χ2v) is 4.72. The Bertz CT molecular complexity index is 376. The number of hydrogen-bond donors (Lipinski definition) is 2. The minimum atomic E-state index is -0.501. The molecule has 1 aromatic rings. The molecule has 2 atom stereocenters. The molecule has 1 fully saturated rings. The third kappa shape index (κ3) is 2.11. The Morgan fingerprint density at radius 3 is 2.62 bits per heavy atom. The van der Waals surface area contributed by atoms with E-state index in [0.717, 1.165) is 18.4 Å². The topological polar surface area (TPSA) is 46.2 Å². The minimum Gasteiger partial charge on any atom is -0.391 e. The molecule has 1 saturated carbocycles. The molecule has 1 aliphatic rings. The van der Waals surface area contributed by atoms with E-state index in [0.29, 0.717) is 11.5 Å². The maximum Gasteiger partial charge on any atom is 0.126 e. The number of aryl methyl sites for hydroxylation is 1. The zero-order valence-electron chi connectivity index (χ0n) is 9.49. The molecule has 0 spiro atoms. The Kier molecular flexibility index (Phi) is 3.26. The van der Waals surface area contributed by atoms with Gasteiger partial charge in [-0.05, 0) is 42.9 Å². The molecule has 3 N–H and O–H groups in total. The van der Waals surface area contributed by atoms with E-state index in [9.17, 15) is 9.50 Å². The van der Waals surface area contributed by atoms with E-state index in [1.165, 1.54) is 12.5 Å². The number of benzene rings is 1. The predicted octanol–water partition coefficient (Wildman–Crippen LogP) is 2.29. The molecule has 16 heavy (non-hydrogen) atoms. The molecular weight excluding hydrogens is 205 g/mol. The number of halogens is 1. The molecule has 0 aliphatic heterocycles. The van der Waals surface area contributed by atoms with Crippen LogP contribution in [0.1, 0.15) is 36.4 Å². The fraction of sp³-hybridized carbons (Fsp3) is 0.538. The van der Waals surface area contributed by atoms with Gasteiger partial charge in [0.05, 0.1) is 12.1 Å². The number of rotatable bonds is 3. The van der Waals surface area contributed by atoms with Gasteiger partial charge < -0.3 is 10.8 Å². The molecule has 2 nitrogen and oxygen atoms in total. The average Bonchev–Trinajstić information content (AvgIpc) is 2.18. The zero-order valence-corrected chi connectivity index (χ0v) is 9.49. The van der Waals surface area contributed by atoms with Gasteiger partial charge in [0, 0.05) is 0 Å². The summed E-state index contributed by atoms with van der Waals surface area (Å²) in [5, 5.41) is 10.0. The Morgan fingerprint density at radius 2 is 2.12 bits per heavy atom. The summed E-state index contributed by atoms with van der Waals surface area (Å²) in [6.45, 7) is 1.71. The van der Waals surface area contributed by atoms with Crippen molar-refractivity contribution in [3.8, 4) is 0 Å². The molecule has 3 heteroatoms. The predicted molar refractivity (Wildman–Crippen MR) is 61.4 cm³/mol. The van der Waals surface area contributed by atoms with Gasteiger partial charge in [-0.25, -0.2) is 4.39 Å². The van der Waals surface area contributed by atoms with Crippen LogP contribution < -0.4 is 5.73 Å². The normalized spacial score (nSPS) is 20.2. The van der Waals surface area contributed by atoms with Gasteiger partial charge in [-0.2, -0.15) is 0 Å². The van der Waals surface area contributed by atoms with Crippen molar-refractivity contribution in [3.05, 3.63) is 35.1 Å². The van der Waals surface area contributed by atoms with Crippen molar-refractivity contribution in [2.24, 2.45) is 11.7 Å². The Balaban J connectivity index is 2.12. The van der Waals surface area contributed by atoms with Crippen LogP contribution in [0.4, 0.5) is 4.39 Å². The van der Waals surface area contributed by atoms with E-state index in [1.807, 2.05) is 0 Å². The van der Waals surface area contributed by atoms with Crippen molar-refractivity contribution in [2.75, 3.05) is 0 Å². The van der Waals surface area contributed by atoms with Crippen molar-refractivity contribution in [3.63, 3.8) is 0 Å². The number of hydrogen-bond acceptors (Lipinski definition) is 2. The fourth-order valence-corrected chi connectivity index (χ4v) is 2.15. The minimum absolute atomic E-state index is 0.228. The molecule has 0 unspecified atom stereocenters. The number of aliphatic hydroxyl groups excluding tert-OH is 1. The van der Waals surface area contributed by atoms with Crippen molar-refractivity contribution >= 4 is 0 Å². The van der Waals surface area contributed by atoms with Crippen LogP contribution in [0.2, 0.25) is 0 Å². The summed E-state index contributed by atoms with van der Waals surface area (Å²) in [6.07, 6.45) is 2.78. The van der Waals surface area contributed by atoms with Gasteiger partial charge in [-0.15, -0.1) is 0 Å². The molecular formula is C13H18FNO. The second-order valence-electron chi connectivity index (χ2n) is 4.72. The van der Waals surface area contributed by atoms with Gasteiger partial charge in [-0.1, -0.05) is 18.6 Å². The molecule has 1 aromatic carbocycles. The standard InChI is InChI=1S/C13H18FNO/c1-8-7-10(5-6-11(8)14)12(15)13(16)9-3-2-4-9/h5-7,9,12-13,16H,2-4,15H2,1H3/t12-,13+/m1/s1. The fourth-order valence-electron chi connectivity index (χ4n) is 2.15. The molecule has 0 aromatic heterocycles. The molecule has 0 bridgehead atoms. The van der Waals surface area contributed by atoms with Crippen molar-refractivity contribution < 1.29 is 9.50 Å². The molecule has 1 aliphatic carbocycles. The van der Waals surface area contributed by atoms with E-state index >= 15 is 0 Å². The second kappa shape index (κ2) is 4.52. The monoisotopic (exact) mass is 223 g/mol. The SMILES string of the molecule is Cc1cc([C@@H](N)[C@@H](O)C2CCC2)ccc1F. The van der Waals surface area contributed by atoms with Crippen LogP contribution in [-0.4, -0.2) is 11.2 Å². The average molecular weight is 223 g/mol. The van der Waals surface area contributed by atoms with Gasteiger partial charge >= 0.3 is 0 Å². The molecule has 88 valence electrons. The first-order chi connectivity index (χ1) is 7.59. The summed E-state index contributed by atoms with van der Waals surface area (Å²) in [4.78, 5) is 0. The highest BCUT2D eigenvalue weighted by atomic mass is 19.1. The van der Waals surface area contributed by atoms with Crippen molar-refractivity contribution in [1.29, 1.82) is 0 Å². The molecule has 0 radical (unpaired) electrons. The van der Waals surface area contributed by atoms with E-state index in [4.69, 9.17) is 5.73 Å². The Morgan fingerprint density at radius 1 is 1.44 bits per heavy atom. The van der Waals surface area contributed by atoms with E-state index in [-0.39, 0.29) is 5.82 Å². The molecule has 2 rings (SSSR count). The summed E-state index contributed by atoms with van der Waals surface area (Å²) in [6, 6.07) is 4.40. The first kappa shape index (κ1) is 11.6. The molecule has 0 heterocycles. The Hall–Kier alpha value is -0.930. The van der Waals surface area contributed by atoms with E-state index in [2.05, 4.69) is 0 Å². The van der Waals surface area contributed by atoms with Crippen molar-refractivity contribution in [1.82, 2.24) is 0 Å². The lowest BCUT2D eigenvalue weighted by molar-refractivity contribution is 0.0413. The highest BCUT2D eigenvalue weighted by molar-refractivity contribution is 5.27. The van der Waals surface area contributed by atoms with Crippen LogP contribution in [-0.2, 0) is 0 Å². The van der Waals surface area contributed by atoms with Crippen LogP contribution in [0.5, 0.6) is 0 Å². The van der Waals surface area contributed by atoms with Crippen molar-refractivity contribution in [2.45, 2.75) is 38.3 Å². The van der Waals surface area contributed by atoms with Crippen LogP contribution >= 0.6 is 0 Å². The first-order valence-corrected chi connectivity index (χ1v) is 5.79. The zero-order chi connectivity index (χ0) is 11.7. The van der Waals surface area contributed by atoms with Gasteiger partial charge in [0.2, 0.25) is 0 Å². The van der Waals surface area contributed by atoms with Crippen LogP contribution in [0, 0.1) is 18.7 Å². The lowest BCUT2D eigenvalue weighted by atomic mass is 9.77. The molecule has 0 amide bonds. The Labute approximate surface area is 95.3 Å². The quantitative estimate of drug-likeness (QED) is 0.826. The van der Waals surface area contributed by atoms with Gasteiger partial charge in [0.15, 0.2) is 0 Å². The maximum absolute atomic E-state index is 13.1. The highest BCUT2D eigenvalue weighted by Gasteiger charge is 2.30. The lowest BCUT2D eigenvalue weighted by Gasteiger charge is -2.33. The maximum atomic E-state index is 13.1. The highest BCUT2D eigenvalue weighted by Crippen LogP contribution is 2.34. The number of nitrogens with two attached hydrogens (primary N) is 1. The van der Waals surface area contributed by atoms with Crippen LogP contribution in [0.25, 0.3) is 0 Å². The van der Waals surface area contributed by atoms with E-state index in [1.54, 1.807) is 19.1 Å². The molecule has 0 saturated heterocycles. The van der Waals surface area contributed by atoms with Gasteiger partial charge in [0.1, 0.15) is 5.82 Å². The van der Waals surface area contributed by atoms with Gasteiger partial charge in [-0.3, -0.25) is 0 Å². The van der Waals surface area contributed by atoms with Gasteiger partial charge in [0.25, 0.3) is 0 Å². The smallest absolute Gasteiger partial charge is 0.126 e.